The fourth-order valence-corrected chi connectivity index (χ4v) is 5.32. The van der Waals surface area contributed by atoms with E-state index in [0.717, 1.165) is 12.0 Å². The molecular weight excluding hydrogens is 472 g/mol. The van der Waals surface area contributed by atoms with Gasteiger partial charge in [-0.3, -0.25) is 14.8 Å². The molecule has 0 bridgehead atoms. The van der Waals surface area contributed by atoms with E-state index in [9.17, 15) is 17.6 Å². The minimum Gasteiger partial charge on any atom is -0.369 e. The Kier molecular flexibility index (Phi) is 6.34. The van der Waals surface area contributed by atoms with Crippen molar-refractivity contribution in [2.45, 2.75) is 49.4 Å². The van der Waals surface area contributed by atoms with Gasteiger partial charge in [0.05, 0.1) is 24.0 Å². The molecule has 2 aliphatic rings. The van der Waals surface area contributed by atoms with Crippen LogP contribution in [-0.2, 0) is 4.74 Å². The highest BCUT2D eigenvalue weighted by Crippen LogP contribution is 2.45. The van der Waals surface area contributed by atoms with Gasteiger partial charge in [-0.1, -0.05) is 0 Å². The zero-order valence-corrected chi connectivity index (χ0v) is 18.8. The number of hydrogen-bond acceptors (Lipinski definition) is 6. The van der Waals surface area contributed by atoms with E-state index in [1.54, 1.807) is 28.8 Å². The van der Waals surface area contributed by atoms with Crippen molar-refractivity contribution in [3.63, 3.8) is 0 Å². The number of nitrogens with zero attached hydrogens (tertiary/aromatic N) is 5. The van der Waals surface area contributed by atoms with Gasteiger partial charge >= 0.3 is 6.18 Å². The number of ether oxygens (including phenoxy) is 1. The maximum absolute atomic E-state index is 14.7. The second-order valence-corrected chi connectivity index (χ2v) is 9.25. The highest BCUT2D eigenvalue weighted by molar-refractivity contribution is 8.02. The first-order chi connectivity index (χ1) is 16.4. The summed E-state index contributed by atoms with van der Waals surface area (Å²) in [7, 11) is 0. The molecule has 3 aromatic heterocycles. The molecule has 5 rings (SSSR count). The number of pyridine rings is 1. The van der Waals surface area contributed by atoms with E-state index in [-0.39, 0.29) is 17.1 Å². The van der Waals surface area contributed by atoms with Crippen LogP contribution in [0.4, 0.5) is 23.2 Å². The molecule has 1 aliphatic heterocycles. The molecule has 180 valence electrons. The van der Waals surface area contributed by atoms with Crippen LogP contribution in [0.2, 0.25) is 0 Å². The Hall–Kier alpha value is -2.86. The van der Waals surface area contributed by atoms with E-state index in [0.29, 0.717) is 30.6 Å². The van der Waals surface area contributed by atoms with Gasteiger partial charge in [0.1, 0.15) is 23.4 Å². The summed E-state index contributed by atoms with van der Waals surface area (Å²) in [6, 6.07) is 2.67. The summed E-state index contributed by atoms with van der Waals surface area (Å²) >= 11 is 1.57. The molecule has 4 heterocycles. The molecule has 1 aliphatic carbocycles. The zero-order chi connectivity index (χ0) is 23.7. The standard InChI is InChI=1S/C22H22F4N6OS/c23-17-5-2-6-27-19(17)20-18(31-7-8-34-21(31)14-10-28-29-11-14)12-32(30-20)15-3-1-4-16(9-15)33-13-22(24,25)26/h2,5-8,10-12,15-16,21H,1,3-4,9,13H2,(H,28,29)/t15-,16+,21?/m0/s1. The third kappa shape index (κ3) is 4.83. The van der Waals surface area contributed by atoms with Gasteiger partial charge in [0.2, 0.25) is 0 Å². The summed E-state index contributed by atoms with van der Waals surface area (Å²) < 4.78 is 59.5. The Bertz CT molecular complexity index is 1150. The van der Waals surface area contributed by atoms with Gasteiger partial charge in [-0.2, -0.15) is 23.4 Å². The smallest absolute Gasteiger partial charge is 0.369 e. The predicted octanol–water partition coefficient (Wildman–Crippen LogP) is 5.59. The lowest BCUT2D eigenvalue weighted by Crippen LogP contribution is -2.29. The lowest BCUT2D eigenvalue weighted by molar-refractivity contribution is -0.189. The van der Waals surface area contributed by atoms with E-state index in [4.69, 9.17) is 9.84 Å². The largest absolute Gasteiger partial charge is 0.411 e. The first-order valence-corrected chi connectivity index (χ1v) is 11.8. The van der Waals surface area contributed by atoms with Crippen molar-refractivity contribution < 1.29 is 22.3 Å². The molecule has 1 unspecified atom stereocenters. The van der Waals surface area contributed by atoms with Crippen molar-refractivity contribution in [2.24, 2.45) is 0 Å². The van der Waals surface area contributed by atoms with Crippen molar-refractivity contribution in [1.29, 1.82) is 0 Å². The Morgan fingerprint density at radius 1 is 1.24 bits per heavy atom. The van der Waals surface area contributed by atoms with Gasteiger partial charge in [0.25, 0.3) is 0 Å². The van der Waals surface area contributed by atoms with Crippen LogP contribution in [0.5, 0.6) is 0 Å². The van der Waals surface area contributed by atoms with Crippen molar-refractivity contribution in [3.8, 4) is 11.4 Å². The van der Waals surface area contributed by atoms with Gasteiger partial charge < -0.3 is 9.64 Å². The van der Waals surface area contributed by atoms with E-state index < -0.39 is 24.7 Å². The fourth-order valence-electron chi connectivity index (χ4n) is 4.37. The van der Waals surface area contributed by atoms with E-state index in [2.05, 4.69) is 15.2 Å². The molecule has 0 saturated heterocycles. The first-order valence-electron chi connectivity index (χ1n) is 10.9. The number of rotatable bonds is 6. The SMILES string of the molecule is Fc1cccnc1-c1nn([C@H]2CCC[C@@H](OCC(F)(F)F)C2)cc1N1C=CSC1c1cn[nH]c1. The quantitative estimate of drug-likeness (QED) is 0.451. The Morgan fingerprint density at radius 2 is 2.12 bits per heavy atom. The van der Waals surface area contributed by atoms with E-state index in [1.807, 2.05) is 22.7 Å². The molecule has 12 heteroatoms. The van der Waals surface area contributed by atoms with Crippen LogP contribution < -0.4 is 4.90 Å². The number of H-pyrrole nitrogens is 1. The van der Waals surface area contributed by atoms with Crippen molar-refractivity contribution in [2.75, 3.05) is 11.5 Å². The average molecular weight is 495 g/mol. The van der Waals surface area contributed by atoms with Crippen LogP contribution in [0, 0.1) is 5.82 Å². The van der Waals surface area contributed by atoms with E-state index >= 15 is 0 Å². The van der Waals surface area contributed by atoms with Crippen LogP contribution in [-0.4, -0.2) is 43.8 Å². The first kappa shape index (κ1) is 22.9. The lowest BCUT2D eigenvalue weighted by atomic mass is 9.93. The minimum atomic E-state index is -4.36. The molecule has 1 fully saturated rings. The maximum atomic E-state index is 14.7. The number of aromatic amines is 1. The van der Waals surface area contributed by atoms with Crippen LogP contribution in [0.25, 0.3) is 11.4 Å². The summed E-state index contributed by atoms with van der Waals surface area (Å²) in [6.07, 6.45) is 6.30. The molecule has 3 atom stereocenters. The third-order valence-electron chi connectivity index (χ3n) is 5.91. The lowest BCUT2D eigenvalue weighted by Gasteiger charge is -2.29. The van der Waals surface area contributed by atoms with Crippen molar-refractivity contribution in [1.82, 2.24) is 25.0 Å². The molecule has 1 saturated carbocycles. The number of alkyl halides is 3. The molecule has 0 amide bonds. The monoisotopic (exact) mass is 494 g/mol. The summed E-state index contributed by atoms with van der Waals surface area (Å²) in [6.45, 7) is -1.26. The molecule has 0 aromatic carbocycles. The van der Waals surface area contributed by atoms with Crippen LogP contribution in [0.3, 0.4) is 0 Å². The Morgan fingerprint density at radius 3 is 2.88 bits per heavy atom. The average Bonchev–Trinajstić information content (AvgIpc) is 3.57. The van der Waals surface area contributed by atoms with Gasteiger partial charge in [-0.15, -0.1) is 11.8 Å². The van der Waals surface area contributed by atoms with Crippen molar-refractivity contribution >= 4 is 17.4 Å². The molecule has 7 nitrogen and oxygen atoms in total. The number of nitrogens with one attached hydrogen (secondary N) is 1. The van der Waals surface area contributed by atoms with Crippen LogP contribution >= 0.6 is 11.8 Å². The van der Waals surface area contributed by atoms with Gasteiger partial charge in [-0.25, -0.2) is 4.39 Å². The maximum Gasteiger partial charge on any atom is 0.411 e. The minimum absolute atomic E-state index is 0.119. The Balaban J connectivity index is 1.48. The molecule has 34 heavy (non-hydrogen) atoms. The number of anilines is 1. The summed E-state index contributed by atoms with van der Waals surface area (Å²) in [4.78, 5) is 6.20. The second kappa shape index (κ2) is 9.41. The summed E-state index contributed by atoms with van der Waals surface area (Å²) in [5.41, 5.74) is 2.09. The predicted molar refractivity (Wildman–Crippen MR) is 119 cm³/mol. The van der Waals surface area contributed by atoms with Crippen LogP contribution in [0.15, 0.2) is 48.5 Å². The Labute approximate surface area is 197 Å². The topological polar surface area (TPSA) is 71.9 Å². The third-order valence-corrected chi connectivity index (χ3v) is 6.95. The molecule has 1 N–H and O–H groups in total. The van der Waals surface area contributed by atoms with Gasteiger partial charge in [0.15, 0.2) is 5.82 Å². The zero-order valence-electron chi connectivity index (χ0n) is 18.0. The normalized spacial score (nSPS) is 23.1. The number of thioether (sulfide) groups is 1. The second-order valence-electron chi connectivity index (χ2n) is 8.26. The van der Waals surface area contributed by atoms with Gasteiger partial charge in [-0.05, 0) is 43.2 Å². The molecule has 3 aromatic rings. The fraction of sp³-hybridized carbons (Fsp3) is 0.409. The molecular formula is C22H22F4N6OS. The van der Waals surface area contributed by atoms with Crippen molar-refractivity contribution in [3.05, 3.63) is 59.9 Å². The highest BCUT2D eigenvalue weighted by atomic mass is 32.2. The number of hydrogen-bond donors (Lipinski definition) is 1. The molecule has 0 radical (unpaired) electrons. The molecule has 0 spiro atoms. The number of halogens is 4. The van der Waals surface area contributed by atoms with Gasteiger partial charge in [0, 0.05) is 30.4 Å². The number of aromatic nitrogens is 5. The summed E-state index contributed by atoms with van der Waals surface area (Å²) in [5.74, 6) is -0.500. The van der Waals surface area contributed by atoms with E-state index in [1.165, 1.54) is 18.3 Å². The highest BCUT2D eigenvalue weighted by Gasteiger charge is 2.34. The summed E-state index contributed by atoms with van der Waals surface area (Å²) in [5, 5.41) is 13.4. The van der Waals surface area contributed by atoms with Crippen LogP contribution in [0.1, 0.15) is 42.7 Å².